The Labute approximate surface area is 146 Å². The number of nitro benzene ring substituents is 1. The number of rotatable bonds is 3. The third-order valence-electron chi connectivity index (χ3n) is 5.41. The Morgan fingerprint density at radius 1 is 1.16 bits per heavy atom. The van der Waals surface area contributed by atoms with Gasteiger partial charge in [-0.1, -0.05) is 6.92 Å². The first-order chi connectivity index (χ1) is 12.0. The molecule has 2 aliphatic rings. The summed E-state index contributed by atoms with van der Waals surface area (Å²) in [7, 11) is 0. The molecule has 0 aromatic heterocycles. The van der Waals surface area contributed by atoms with Gasteiger partial charge in [-0.15, -0.1) is 0 Å². The number of nitro groups is 1. The third kappa shape index (κ3) is 3.91. The molecule has 0 saturated carbocycles. The number of anilines is 1. The van der Waals surface area contributed by atoms with Gasteiger partial charge in [0, 0.05) is 44.2 Å². The Balaban J connectivity index is 1.63. The molecule has 1 aromatic carbocycles. The fraction of sp³-hybridized carbons (Fsp3) is 0.611. The van der Waals surface area contributed by atoms with E-state index < -0.39 is 10.7 Å². The lowest BCUT2D eigenvalue weighted by atomic mass is 9.92. The number of carbonyl (C=O) groups excluding carboxylic acids is 1. The van der Waals surface area contributed by atoms with Gasteiger partial charge >= 0.3 is 0 Å². The molecule has 2 fully saturated rings. The van der Waals surface area contributed by atoms with Crippen molar-refractivity contribution in [3.05, 3.63) is 34.1 Å². The second-order valence-electron chi connectivity index (χ2n) is 7.16. The van der Waals surface area contributed by atoms with Crippen LogP contribution >= 0.6 is 0 Å². The van der Waals surface area contributed by atoms with Crippen molar-refractivity contribution in [1.82, 2.24) is 4.90 Å². The van der Waals surface area contributed by atoms with E-state index >= 15 is 0 Å². The number of halogens is 1. The second-order valence-corrected chi connectivity index (χ2v) is 7.16. The number of benzene rings is 1. The standard InChI is InChI=1S/C18H24FN3O3/c1-13-4-8-21(9-5-13)18(23)14-6-10-20(11-7-14)17-12-15(19)2-3-16(17)22(24)25/h2-3,12-14H,4-11H2,1H3. The van der Waals surface area contributed by atoms with E-state index in [0.29, 0.717) is 37.5 Å². The van der Waals surface area contributed by atoms with E-state index in [-0.39, 0.29) is 17.5 Å². The molecule has 0 N–H and O–H groups in total. The van der Waals surface area contributed by atoms with E-state index in [0.717, 1.165) is 32.0 Å². The predicted molar refractivity (Wildman–Crippen MR) is 93.0 cm³/mol. The molecule has 136 valence electrons. The summed E-state index contributed by atoms with van der Waals surface area (Å²) in [6.07, 6.45) is 3.41. The quantitative estimate of drug-likeness (QED) is 0.621. The number of nitrogens with zero attached hydrogens (tertiary/aromatic N) is 3. The van der Waals surface area contributed by atoms with Crippen molar-refractivity contribution in [3.63, 3.8) is 0 Å². The molecular formula is C18H24FN3O3. The maximum atomic E-state index is 13.5. The lowest BCUT2D eigenvalue weighted by molar-refractivity contribution is -0.384. The van der Waals surface area contributed by atoms with Gasteiger partial charge in [0.2, 0.25) is 5.91 Å². The normalized spacial score (nSPS) is 19.9. The number of carbonyl (C=O) groups is 1. The van der Waals surface area contributed by atoms with E-state index in [1.54, 1.807) is 0 Å². The summed E-state index contributed by atoms with van der Waals surface area (Å²) in [5, 5.41) is 11.2. The molecule has 0 spiro atoms. The van der Waals surface area contributed by atoms with E-state index in [2.05, 4.69) is 6.92 Å². The number of likely N-dealkylation sites (tertiary alicyclic amines) is 1. The van der Waals surface area contributed by atoms with Crippen LogP contribution in [0.1, 0.15) is 32.6 Å². The Kier molecular flexibility index (Phi) is 5.20. The molecule has 0 aliphatic carbocycles. The summed E-state index contributed by atoms with van der Waals surface area (Å²) in [4.78, 5) is 27.1. The largest absolute Gasteiger partial charge is 0.366 e. The topological polar surface area (TPSA) is 66.7 Å². The maximum Gasteiger partial charge on any atom is 0.292 e. The van der Waals surface area contributed by atoms with Crippen LogP contribution in [0.15, 0.2) is 18.2 Å². The first-order valence-electron chi connectivity index (χ1n) is 8.93. The molecule has 2 aliphatic heterocycles. The molecule has 2 saturated heterocycles. The smallest absolute Gasteiger partial charge is 0.292 e. The zero-order chi connectivity index (χ0) is 18.0. The molecule has 3 rings (SSSR count). The van der Waals surface area contributed by atoms with Gasteiger partial charge in [0.25, 0.3) is 5.69 Å². The zero-order valence-corrected chi connectivity index (χ0v) is 14.5. The fourth-order valence-electron chi connectivity index (χ4n) is 3.76. The lowest BCUT2D eigenvalue weighted by Gasteiger charge is -2.37. The average Bonchev–Trinajstić information content (AvgIpc) is 2.61. The van der Waals surface area contributed by atoms with E-state index in [1.165, 1.54) is 12.1 Å². The SMILES string of the molecule is CC1CCN(C(=O)C2CCN(c3cc(F)ccc3[N+](=O)[O-])CC2)CC1. The Hall–Kier alpha value is -2.18. The highest BCUT2D eigenvalue weighted by molar-refractivity contribution is 5.79. The molecular weight excluding hydrogens is 325 g/mol. The first-order valence-corrected chi connectivity index (χ1v) is 8.93. The minimum absolute atomic E-state index is 0.0303. The van der Waals surface area contributed by atoms with Gasteiger partial charge < -0.3 is 9.80 Å². The summed E-state index contributed by atoms with van der Waals surface area (Å²) in [6.45, 7) is 4.94. The van der Waals surface area contributed by atoms with Crippen LogP contribution in [0.5, 0.6) is 0 Å². The Morgan fingerprint density at radius 3 is 2.40 bits per heavy atom. The Bertz CT molecular complexity index is 651. The van der Waals surface area contributed by atoms with Crippen LogP contribution in [0.25, 0.3) is 0 Å². The third-order valence-corrected chi connectivity index (χ3v) is 5.41. The number of amides is 1. The van der Waals surface area contributed by atoms with Crippen LogP contribution in [0.2, 0.25) is 0 Å². The summed E-state index contributed by atoms with van der Waals surface area (Å²) in [5.74, 6) is 0.373. The van der Waals surface area contributed by atoms with Gasteiger partial charge in [-0.25, -0.2) is 4.39 Å². The van der Waals surface area contributed by atoms with Crippen molar-refractivity contribution in [2.75, 3.05) is 31.1 Å². The highest BCUT2D eigenvalue weighted by atomic mass is 19.1. The van der Waals surface area contributed by atoms with E-state index in [1.807, 2.05) is 9.80 Å². The van der Waals surface area contributed by atoms with E-state index in [4.69, 9.17) is 0 Å². The molecule has 1 aromatic rings. The summed E-state index contributed by atoms with van der Waals surface area (Å²) in [6, 6.07) is 3.53. The van der Waals surface area contributed by atoms with Gasteiger partial charge in [0.05, 0.1) is 4.92 Å². The minimum atomic E-state index is -0.485. The Morgan fingerprint density at radius 2 is 1.80 bits per heavy atom. The lowest BCUT2D eigenvalue weighted by Crippen LogP contribution is -2.45. The number of hydrogen-bond acceptors (Lipinski definition) is 4. The molecule has 0 radical (unpaired) electrons. The van der Waals surface area contributed by atoms with Crippen LogP contribution in [0.4, 0.5) is 15.8 Å². The van der Waals surface area contributed by atoms with Crippen LogP contribution in [-0.4, -0.2) is 41.9 Å². The summed E-state index contributed by atoms with van der Waals surface area (Å²) >= 11 is 0. The predicted octanol–water partition coefficient (Wildman–Crippen LogP) is 3.21. The van der Waals surface area contributed by atoms with Gasteiger partial charge in [-0.3, -0.25) is 14.9 Å². The molecule has 0 atom stereocenters. The molecule has 1 amide bonds. The van der Waals surface area contributed by atoms with Gasteiger partial charge in [-0.05, 0) is 37.7 Å². The fourth-order valence-corrected chi connectivity index (χ4v) is 3.76. The molecule has 0 bridgehead atoms. The van der Waals surface area contributed by atoms with Crippen LogP contribution < -0.4 is 4.90 Å². The second kappa shape index (κ2) is 7.37. The monoisotopic (exact) mass is 349 g/mol. The van der Waals surface area contributed by atoms with Gasteiger partial charge in [-0.2, -0.15) is 0 Å². The molecule has 7 heteroatoms. The van der Waals surface area contributed by atoms with Crippen LogP contribution in [-0.2, 0) is 4.79 Å². The van der Waals surface area contributed by atoms with Crippen molar-refractivity contribution in [2.45, 2.75) is 32.6 Å². The number of piperidine rings is 2. The van der Waals surface area contributed by atoms with Crippen molar-refractivity contribution in [2.24, 2.45) is 11.8 Å². The summed E-state index contributed by atoms with van der Waals surface area (Å²) < 4.78 is 13.5. The highest BCUT2D eigenvalue weighted by Crippen LogP contribution is 2.33. The van der Waals surface area contributed by atoms with Crippen molar-refractivity contribution >= 4 is 17.3 Å². The minimum Gasteiger partial charge on any atom is -0.366 e. The van der Waals surface area contributed by atoms with Crippen molar-refractivity contribution in [1.29, 1.82) is 0 Å². The molecule has 0 unspecified atom stereocenters. The first kappa shape index (κ1) is 17.6. The van der Waals surface area contributed by atoms with Crippen molar-refractivity contribution in [3.8, 4) is 0 Å². The highest BCUT2D eigenvalue weighted by Gasteiger charge is 2.32. The zero-order valence-electron chi connectivity index (χ0n) is 14.5. The van der Waals surface area contributed by atoms with Crippen molar-refractivity contribution < 1.29 is 14.1 Å². The van der Waals surface area contributed by atoms with Crippen LogP contribution in [0.3, 0.4) is 0 Å². The molecule has 2 heterocycles. The maximum absolute atomic E-state index is 13.5. The van der Waals surface area contributed by atoms with Gasteiger partial charge in [0.15, 0.2) is 0 Å². The summed E-state index contributed by atoms with van der Waals surface area (Å²) in [5.41, 5.74) is 0.221. The van der Waals surface area contributed by atoms with Gasteiger partial charge in [0.1, 0.15) is 11.5 Å². The van der Waals surface area contributed by atoms with Crippen LogP contribution in [0, 0.1) is 27.8 Å². The van der Waals surface area contributed by atoms with E-state index in [9.17, 15) is 19.3 Å². The average molecular weight is 349 g/mol. The molecule has 6 nitrogen and oxygen atoms in total. The molecule has 25 heavy (non-hydrogen) atoms. The number of hydrogen-bond donors (Lipinski definition) is 0.